The molecule has 0 aromatic heterocycles. The van der Waals surface area contributed by atoms with Gasteiger partial charge in [0.05, 0.1) is 6.07 Å². The summed E-state index contributed by atoms with van der Waals surface area (Å²) in [6.07, 6.45) is 6.01. The van der Waals surface area contributed by atoms with Crippen molar-refractivity contribution in [3.8, 4) is 6.07 Å². The molecule has 3 unspecified atom stereocenters. The van der Waals surface area contributed by atoms with Gasteiger partial charge >= 0.3 is 0 Å². The van der Waals surface area contributed by atoms with Gasteiger partial charge in [0.2, 0.25) is 0 Å². The van der Waals surface area contributed by atoms with Crippen molar-refractivity contribution in [2.24, 2.45) is 11.8 Å². The molecule has 1 heterocycles. The smallest absolute Gasteiger partial charge is 0.109 e. The van der Waals surface area contributed by atoms with Crippen LogP contribution in [0.2, 0.25) is 0 Å². The van der Waals surface area contributed by atoms with Gasteiger partial charge in [0.15, 0.2) is 0 Å². The van der Waals surface area contributed by atoms with Crippen LogP contribution in [-0.2, 0) is 0 Å². The molecule has 0 aromatic carbocycles. The second-order valence-corrected chi connectivity index (χ2v) is 6.19. The van der Waals surface area contributed by atoms with Crippen molar-refractivity contribution < 1.29 is 0 Å². The third-order valence-electron chi connectivity index (χ3n) is 4.81. The predicted octanol–water partition coefficient (Wildman–Crippen LogP) is 2.39. The lowest BCUT2D eigenvalue weighted by Crippen LogP contribution is -2.47. The molecule has 18 heavy (non-hydrogen) atoms. The van der Waals surface area contributed by atoms with Crippen LogP contribution in [0.15, 0.2) is 0 Å². The Kier molecular flexibility index (Phi) is 4.64. The number of nitrogens with zero attached hydrogens (tertiary/aromatic N) is 2. The maximum Gasteiger partial charge on any atom is 0.109 e. The van der Waals surface area contributed by atoms with Crippen LogP contribution >= 0.6 is 0 Å². The first-order valence-corrected chi connectivity index (χ1v) is 7.59. The largest absolute Gasteiger partial charge is 0.303 e. The zero-order valence-electron chi connectivity index (χ0n) is 11.9. The normalized spacial score (nSPS) is 36.9. The lowest BCUT2D eigenvalue weighted by Gasteiger charge is -2.30. The minimum Gasteiger partial charge on any atom is -0.303 e. The number of likely N-dealkylation sites (tertiary alicyclic amines) is 1. The first-order valence-electron chi connectivity index (χ1n) is 7.59. The number of nitrogens with one attached hydrogen (secondary N) is 1. The number of nitriles is 1. The Balaban J connectivity index is 1.86. The number of hydrogen-bond donors (Lipinski definition) is 1. The fourth-order valence-electron chi connectivity index (χ4n) is 3.77. The van der Waals surface area contributed by atoms with Gasteiger partial charge in [0.1, 0.15) is 5.54 Å². The van der Waals surface area contributed by atoms with Gasteiger partial charge in [-0.2, -0.15) is 5.26 Å². The van der Waals surface area contributed by atoms with Gasteiger partial charge in [-0.3, -0.25) is 5.32 Å². The molecule has 3 nitrogen and oxygen atoms in total. The highest BCUT2D eigenvalue weighted by Crippen LogP contribution is 2.37. The molecule has 1 saturated carbocycles. The molecule has 1 aliphatic heterocycles. The van der Waals surface area contributed by atoms with E-state index in [4.69, 9.17) is 0 Å². The topological polar surface area (TPSA) is 39.1 Å². The van der Waals surface area contributed by atoms with Crippen LogP contribution in [0.5, 0.6) is 0 Å². The second kappa shape index (κ2) is 6.04. The van der Waals surface area contributed by atoms with E-state index in [1.165, 1.54) is 45.3 Å². The van der Waals surface area contributed by atoms with Gasteiger partial charge in [-0.1, -0.05) is 20.3 Å². The summed E-state index contributed by atoms with van der Waals surface area (Å²) in [6, 6.07) is 2.58. The zero-order chi connectivity index (χ0) is 13.0. The van der Waals surface area contributed by atoms with E-state index in [9.17, 15) is 5.26 Å². The maximum absolute atomic E-state index is 9.53. The fourth-order valence-corrected chi connectivity index (χ4v) is 3.77. The third-order valence-corrected chi connectivity index (χ3v) is 4.81. The lowest BCUT2D eigenvalue weighted by molar-refractivity contribution is 0.248. The lowest BCUT2D eigenvalue weighted by atomic mass is 9.85. The summed E-state index contributed by atoms with van der Waals surface area (Å²) in [6.45, 7) is 9.06. The molecule has 0 radical (unpaired) electrons. The molecule has 2 fully saturated rings. The van der Waals surface area contributed by atoms with Crippen LogP contribution in [0.3, 0.4) is 0 Å². The zero-order valence-corrected chi connectivity index (χ0v) is 11.9. The van der Waals surface area contributed by atoms with E-state index >= 15 is 0 Å². The Labute approximate surface area is 112 Å². The van der Waals surface area contributed by atoms with Crippen LogP contribution in [0.1, 0.15) is 46.0 Å². The summed E-state index contributed by atoms with van der Waals surface area (Å²) in [5.74, 6) is 1.42. The molecule has 1 aliphatic carbocycles. The summed E-state index contributed by atoms with van der Waals surface area (Å²) >= 11 is 0. The Bertz CT molecular complexity index is 309. The molecule has 3 atom stereocenters. The van der Waals surface area contributed by atoms with E-state index in [2.05, 4.69) is 30.1 Å². The molecule has 1 saturated heterocycles. The first kappa shape index (κ1) is 13.8. The van der Waals surface area contributed by atoms with E-state index in [0.717, 1.165) is 18.9 Å². The van der Waals surface area contributed by atoms with Gasteiger partial charge in [0, 0.05) is 6.54 Å². The van der Waals surface area contributed by atoms with Crippen LogP contribution in [0.25, 0.3) is 0 Å². The second-order valence-electron chi connectivity index (χ2n) is 6.19. The van der Waals surface area contributed by atoms with Crippen LogP contribution in [-0.4, -0.2) is 36.6 Å². The van der Waals surface area contributed by atoms with Crippen molar-refractivity contribution in [2.45, 2.75) is 51.5 Å². The highest BCUT2D eigenvalue weighted by atomic mass is 15.1. The summed E-state index contributed by atoms with van der Waals surface area (Å²) in [4.78, 5) is 2.58. The quantitative estimate of drug-likeness (QED) is 0.813. The Hall–Kier alpha value is -0.590. The van der Waals surface area contributed by atoms with Gasteiger partial charge in [-0.05, 0) is 57.2 Å². The van der Waals surface area contributed by atoms with E-state index in [1.807, 2.05) is 0 Å². The maximum atomic E-state index is 9.53. The minimum atomic E-state index is -0.222. The molecule has 0 aromatic rings. The van der Waals surface area contributed by atoms with E-state index < -0.39 is 0 Å². The van der Waals surface area contributed by atoms with Gasteiger partial charge in [-0.25, -0.2) is 0 Å². The summed E-state index contributed by atoms with van der Waals surface area (Å²) in [7, 11) is 0. The summed E-state index contributed by atoms with van der Waals surface area (Å²) < 4.78 is 0. The van der Waals surface area contributed by atoms with Crippen LogP contribution < -0.4 is 5.32 Å². The molecule has 102 valence electrons. The minimum absolute atomic E-state index is 0.222. The first-order chi connectivity index (χ1) is 8.70. The molecule has 0 amide bonds. The molecule has 2 aliphatic rings. The molecule has 2 rings (SSSR count). The third kappa shape index (κ3) is 2.87. The number of rotatable bonds is 5. The van der Waals surface area contributed by atoms with Crippen molar-refractivity contribution in [2.75, 3.05) is 26.2 Å². The molecular formula is C15H27N3. The predicted molar refractivity (Wildman–Crippen MR) is 74.2 cm³/mol. The standard InChI is InChI=1S/C15H27N3/c1-3-17-15(12-16)8-4-5-14(15)7-10-18-9-6-13(2)11-18/h13-14,17H,3-11H2,1-2H3. The van der Waals surface area contributed by atoms with Crippen molar-refractivity contribution in [1.82, 2.24) is 10.2 Å². The van der Waals surface area contributed by atoms with Gasteiger partial charge in [-0.15, -0.1) is 0 Å². The van der Waals surface area contributed by atoms with Crippen LogP contribution in [0, 0.1) is 23.2 Å². The Morgan fingerprint density at radius 3 is 2.89 bits per heavy atom. The molecule has 0 spiro atoms. The Morgan fingerprint density at radius 2 is 2.28 bits per heavy atom. The highest BCUT2D eigenvalue weighted by molar-refractivity contribution is 5.14. The van der Waals surface area contributed by atoms with Crippen LogP contribution in [0.4, 0.5) is 0 Å². The monoisotopic (exact) mass is 249 g/mol. The van der Waals surface area contributed by atoms with E-state index in [0.29, 0.717) is 5.92 Å². The average molecular weight is 249 g/mol. The SMILES string of the molecule is CCNC1(C#N)CCCC1CCN1CCC(C)C1. The highest BCUT2D eigenvalue weighted by Gasteiger charge is 2.42. The molecule has 1 N–H and O–H groups in total. The van der Waals surface area contributed by atoms with Gasteiger partial charge < -0.3 is 4.90 Å². The van der Waals surface area contributed by atoms with Crippen molar-refractivity contribution in [1.29, 1.82) is 5.26 Å². The molecular weight excluding hydrogens is 222 g/mol. The summed E-state index contributed by atoms with van der Waals surface area (Å²) in [5, 5.41) is 13.0. The average Bonchev–Trinajstić information content (AvgIpc) is 2.94. The van der Waals surface area contributed by atoms with Crippen molar-refractivity contribution >= 4 is 0 Å². The summed E-state index contributed by atoms with van der Waals surface area (Å²) in [5.41, 5.74) is -0.222. The van der Waals surface area contributed by atoms with E-state index in [1.54, 1.807) is 0 Å². The van der Waals surface area contributed by atoms with Crippen molar-refractivity contribution in [3.63, 3.8) is 0 Å². The van der Waals surface area contributed by atoms with Gasteiger partial charge in [0.25, 0.3) is 0 Å². The molecule has 3 heteroatoms. The fraction of sp³-hybridized carbons (Fsp3) is 0.933. The van der Waals surface area contributed by atoms with E-state index in [-0.39, 0.29) is 5.54 Å². The number of hydrogen-bond acceptors (Lipinski definition) is 3. The molecule has 0 bridgehead atoms. The van der Waals surface area contributed by atoms with Crippen molar-refractivity contribution in [3.05, 3.63) is 0 Å². The Morgan fingerprint density at radius 1 is 1.44 bits per heavy atom.